The molecule has 0 aliphatic heterocycles. The Morgan fingerprint density at radius 2 is 1.14 bits per heavy atom. The molecule has 0 aromatic heterocycles. The molecule has 0 bridgehead atoms. The standard InChI is InChI=1S/C22H20O4S2/c23-27(24,17-9-3-1-4-10-17)21-15-8-16-22(20-14-7-13-19(20)21)28(25,26)18-11-5-2-6-12-18/h1-7,9-13H,8,14-16H2. The van der Waals surface area contributed by atoms with Crippen LogP contribution >= 0.6 is 0 Å². The van der Waals surface area contributed by atoms with Crippen molar-refractivity contribution in [1.29, 1.82) is 0 Å². The Morgan fingerprint density at radius 3 is 1.71 bits per heavy atom. The summed E-state index contributed by atoms with van der Waals surface area (Å²) in [5, 5.41) is 0. The Bertz CT molecular complexity index is 1200. The van der Waals surface area contributed by atoms with Crippen LogP contribution in [0, 0.1) is 0 Å². The van der Waals surface area contributed by atoms with E-state index in [9.17, 15) is 16.8 Å². The van der Waals surface area contributed by atoms with Crippen molar-refractivity contribution in [1.82, 2.24) is 0 Å². The summed E-state index contributed by atoms with van der Waals surface area (Å²) in [6.07, 6.45) is 5.18. The molecule has 2 aliphatic rings. The van der Waals surface area contributed by atoms with Gasteiger partial charge >= 0.3 is 0 Å². The van der Waals surface area contributed by atoms with Gasteiger partial charge in [-0.2, -0.15) is 0 Å². The second kappa shape index (κ2) is 7.18. The van der Waals surface area contributed by atoms with Crippen LogP contribution in [-0.4, -0.2) is 16.8 Å². The fourth-order valence-electron chi connectivity index (χ4n) is 3.79. The normalized spacial score (nSPS) is 17.6. The van der Waals surface area contributed by atoms with Crippen LogP contribution in [0.3, 0.4) is 0 Å². The van der Waals surface area contributed by atoms with E-state index in [1.54, 1.807) is 66.7 Å². The minimum Gasteiger partial charge on any atom is -0.219 e. The summed E-state index contributed by atoms with van der Waals surface area (Å²) in [7, 11) is -7.34. The van der Waals surface area contributed by atoms with Crippen molar-refractivity contribution >= 4 is 19.7 Å². The summed E-state index contributed by atoms with van der Waals surface area (Å²) in [6, 6.07) is 16.7. The van der Waals surface area contributed by atoms with E-state index in [0.29, 0.717) is 46.6 Å². The second-order valence-electron chi connectivity index (χ2n) is 6.83. The summed E-state index contributed by atoms with van der Waals surface area (Å²) in [5.74, 6) is 0. The first-order valence-electron chi connectivity index (χ1n) is 9.15. The average molecular weight is 413 g/mol. The number of allylic oxidation sites excluding steroid dienone is 6. The van der Waals surface area contributed by atoms with E-state index in [4.69, 9.17) is 0 Å². The third-order valence-corrected chi connectivity index (χ3v) is 9.09. The van der Waals surface area contributed by atoms with Crippen molar-refractivity contribution in [2.45, 2.75) is 35.5 Å². The number of fused-ring (bicyclic) bond motifs is 1. The van der Waals surface area contributed by atoms with Gasteiger partial charge in [0.15, 0.2) is 0 Å². The molecule has 0 fully saturated rings. The fourth-order valence-corrected chi connectivity index (χ4v) is 7.21. The lowest BCUT2D eigenvalue weighted by Crippen LogP contribution is -2.08. The van der Waals surface area contributed by atoms with Gasteiger partial charge < -0.3 is 0 Å². The van der Waals surface area contributed by atoms with Crippen molar-refractivity contribution in [2.75, 3.05) is 0 Å². The molecule has 2 aliphatic carbocycles. The van der Waals surface area contributed by atoms with E-state index in [0.717, 1.165) is 0 Å². The van der Waals surface area contributed by atoms with Gasteiger partial charge in [-0.25, -0.2) is 16.8 Å². The Morgan fingerprint density at radius 1 is 0.643 bits per heavy atom. The highest BCUT2D eigenvalue weighted by molar-refractivity contribution is 7.95. The molecule has 0 heterocycles. The lowest BCUT2D eigenvalue weighted by molar-refractivity contribution is 0.598. The van der Waals surface area contributed by atoms with Gasteiger partial charge in [-0.15, -0.1) is 0 Å². The van der Waals surface area contributed by atoms with Crippen LogP contribution in [0.15, 0.2) is 104 Å². The van der Waals surface area contributed by atoms with Crippen molar-refractivity contribution in [3.8, 4) is 0 Å². The van der Waals surface area contributed by atoms with Gasteiger partial charge in [-0.05, 0) is 61.1 Å². The molecule has 6 heteroatoms. The van der Waals surface area contributed by atoms with E-state index in [1.807, 2.05) is 6.08 Å². The van der Waals surface area contributed by atoms with Gasteiger partial charge in [-0.3, -0.25) is 0 Å². The molecule has 4 rings (SSSR count). The molecule has 0 radical (unpaired) electrons. The van der Waals surface area contributed by atoms with Gasteiger partial charge in [0.05, 0.1) is 19.6 Å². The summed E-state index contributed by atoms with van der Waals surface area (Å²) >= 11 is 0. The van der Waals surface area contributed by atoms with Gasteiger partial charge in [0, 0.05) is 0 Å². The first kappa shape index (κ1) is 18.9. The zero-order valence-electron chi connectivity index (χ0n) is 15.2. The predicted molar refractivity (Wildman–Crippen MR) is 109 cm³/mol. The largest absolute Gasteiger partial charge is 0.219 e. The number of sulfone groups is 2. The van der Waals surface area contributed by atoms with Gasteiger partial charge in [0.1, 0.15) is 0 Å². The van der Waals surface area contributed by atoms with E-state index < -0.39 is 19.7 Å². The minimum atomic E-state index is -3.67. The predicted octanol–water partition coefficient (Wildman–Crippen LogP) is 4.59. The number of rotatable bonds is 4. The molecule has 4 nitrogen and oxygen atoms in total. The zero-order valence-corrected chi connectivity index (χ0v) is 16.8. The highest BCUT2D eigenvalue weighted by Gasteiger charge is 2.33. The molecule has 0 N–H and O–H groups in total. The Kier molecular flexibility index (Phi) is 4.85. The molecule has 0 spiro atoms. The van der Waals surface area contributed by atoms with Crippen molar-refractivity contribution in [3.63, 3.8) is 0 Å². The molecule has 0 atom stereocenters. The van der Waals surface area contributed by atoms with E-state index in [-0.39, 0.29) is 9.79 Å². The summed E-state index contributed by atoms with van der Waals surface area (Å²) in [5.41, 5.74) is 1.17. The number of hydrogen-bond donors (Lipinski definition) is 0. The van der Waals surface area contributed by atoms with E-state index in [1.165, 1.54) is 0 Å². The number of benzene rings is 2. The van der Waals surface area contributed by atoms with Crippen molar-refractivity contribution in [3.05, 3.63) is 93.8 Å². The first-order chi connectivity index (χ1) is 13.4. The van der Waals surface area contributed by atoms with Gasteiger partial charge in [-0.1, -0.05) is 48.6 Å². The van der Waals surface area contributed by atoms with Crippen molar-refractivity contribution < 1.29 is 16.8 Å². The molecule has 2 aromatic rings. The SMILES string of the molecule is O=S(=O)(C1=C2C=CCC2=C(S(=O)(=O)c2ccccc2)CCC1)c1ccccc1. The molecule has 0 saturated heterocycles. The van der Waals surface area contributed by atoms with Crippen LogP contribution in [0.5, 0.6) is 0 Å². The van der Waals surface area contributed by atoms with Gasteiger partial charge in [0.2, 0.25) is 19.7 Å². The molecular formula is C22H20O4S2. The molecule has 0 unspecified atom stereocenters. The Hall–Kier alpha value is -2.44. The fraction of sp³-hybridized carbons (Fsp3) is 0.182. The van der Waals surface area contributed by atoms with Crippen LogP contribution in [0.2, 0.25) is 0 Å². The van der Waals surface area contributed by atoms with Crippen LogP contribution in [0.1, 0.15) is 25.7 Å². The molecule has 0 amide bonds. The maximum atomic E-state index is 13.3. The zero-order chi connectivity index (χ0) is 19.8. The maximum Gasteiger partial charge on any atom is 0.203 e. The third kappa shape index (κ3) is 3.16. The minimum absolute atomic E-state index is 0.242. The summed E-state index contributed by atoms with van der Waals surface area (Å²) < 4.78 is 53.0. The molecule has 0 saturated carbocycles. The molecule has 28 heavy (non-hydrogen) atoms. The molecule has 144 valence electrons. The smallest absolute Gasteiger partial charge is 0.203 e. The monoisotopic (exact) mass is 412 g/mol. The Balaban J connectivity index is 1.91. The highest BCUT2D eigenvalue weighted by Crippen LogP contribution is 2.42. The van der Waals surface area contributed by atoms with E-state index >= 15 is 0 Å². The lowest BCUT2D eigenvalue weighted by atomic mass is 10.1. The summed E-state index contributed by atoms with van der Waals surface area (Å²) in [6.45, 7) is 0. The van der Waals surface area contributed by atoms with Crippen LogP contribution in [-0.2, 0) is 19.7 Å². The van der Waals surface area contributed by atoms with Crippen LogP contribution in [0.25, 0.3) is 0 Å². The van der Waals surface area contributed by atoms with E-state index in [2.05, 4.69) is 0 Å². The second-order valence-corrected chi connectivity index (χ2v) is 10.8. The lowest BCUT2D eigenvalue weighted by Gasteiger charge is -2.13. The first-order valence-corrected chi connectivity index (χ1v) is 12.1. The van der Waals surface area contributed by atoms with Crippen molar-refractivity contribution in [2.24, 2.45) is 0 Å². The van der Waals surface area contributed by atoms with Gasteiger partial charge in [0.25, 0.3) is 0 Å². The summed E-state index contributed by atoms with van der Waals surface area (Å²) in [4.78, 5) is 1.15. The topological polar surface area (TPSA) is 68.3 Å². The quantitative estimate of drug-likeness (QED) is 0.737. The van der Waals surface area contributed by atoms with Crippen LogP contribution in [0.4, 0.5) is 0 Å². The maximum absolute atomic E-state index is 13.3. The molecular weight excluding hydrogens is 392 g/mol. The number of hydrogen-bond acceptors (Lipinski definition) is 4. The highest BCUT2D eigenvalue weighted by atomic mass is 32.2. The van der Waals surface area contributed by atoms with Crippen LogP contribution < -0.4 is 0 Å². The Labute approximate surface area is 165 Å². The third-order valence-electron chi connectivity index (χ3n) is 5.13. The average Bonchev–Trinajstić information content (AvgIpc) is 3.09. The molecule has 2 aromatic carbocycles.